The second kappa shape index (κ2) is 10.4. The molecule has 1 rings (SSSR count). The van der Waals surface area contributed by atoms with E-state index in [-0.39, 0.29) is 26.2 Å². The van der Waals surface area contributed by atoms with Crippen LogP contribution in [0.25, 0.3) is 0 Å². The summed E-state index contributed by atoms with van der Waals surface area (Å²) in [6, 6.07) is 8.26. The van der Waals surface area contributed by atoms with Gasteiger partial charge < -0.3 is 14.6 Å². The van der Waals surface area contributed by atoms with Crippen molar-refractivity contribution in [3.63, 3.8) is 0 Å². The predicted octanol–water partition coefficient (Wildman–Crippen LogP) is 3.08. The third-order valence-corrected chi connectivity index (χ3v) is 3.48. The number of hydrogen-bond donors (Lipinski definition) is 1. The van der Waals surface area contributed by atoms with Crippen LogP contribution in [0.4, 0.5) is 4.79 Å². The van der Waals surface area contributed by atoms with Crippen molar-refractivity contribution in [2.45, 2.75) is 32.4 Å². The molecular weight excluding hydrogens is 310 g/mol. The zero-order valence-corrected chi connectivity index (χ0v) is 14.2. The van der Waals surface area contributed by atoms with Crippen molar-refractivity contribution >= 4 is 12.1 Å². The van der Waals surface area contributed by atoms with Gasteiger partial charge in [0.1, 0.15) is 12.6 Å². The highest BCUT2D eigenvalue weighted by molar-refractivity contribution is 5.80. The van der Waals surface area contributed by atoms with Gasteiger partial charge in [-0.15, -0.1) is 6.58 Å². The maximum atomic E-state index is 12.4. The molecule has 0 aliphatic rings. The van der Waals surface area contributed by atoms with E-state index in [1.807, 2.05) is 37.3 Å². The van der Waals surface area contributed by atoms with Gasteiger partial charge in [0.15, 0.2) is 0 Å². The number of allylic oxidation sites excluding steroid dienone is 1. The first-order valence-corrected chi connectivity index (χ1v) is 7.79. The van der Waals surface area contributed by atoms with Gasteiger partial charge in [-0.2, -0.15) is 0 Å². The number of carbonyl (C=O) groups is 2. The van der Waals surface area contributed by atoms with Crippen LogP contribution in [0.3, 0.4) is 0 Å². The van der Waals surface area contributed by atoms with Gasteiger partial charge >= 0.3 is 12.1 Å². The van der Waals surface area contributed by atoms with Crippen LogP contribution in [-0.4, -0.2) is 48.4 Å². The van der Waals surface area contributed by atoms with Gasteiger partial charge in [-0.1, -0.05) is 35.9 Å². The van der Waals surface area contributed by atoms with Crippen LogP contribution < -0.4 is 0 Å². The third-order valence-electron chi connectivity index (χ3n) is 3.48. The van der Waals surface area contributed by atoms with Crippen LogP contribution in [0, 0.1) is 0 Å². The number of rotatable bonds is 10. The molecule has 0 saturated heterocycles. The average Bonchev–Trinajstić information content (AvgIpc) is 2.56. The maximum Gasteiger partial charge on any atom is 0.410 e. The van der Waals surface area contributed by atoms with Crippen LogP contribution in [0.2, 0.25) is 0 Å². The summed E-state index contributed by atoms with van der Waals surface area (Å²) in [5.41, 5.74) is 1.71. The number of amides is 1. The summed E-state index contributed by atoms with van der Waals surface area (Å²) in [6.45, 7) is 6.08. The number of benzene rings is 1. The number of hydrogen-bond acceptors (Lipinski definition) is 4. The van der Waals surface area contributed by atoms with Crippen molar-refractivity contribution < 1.29 is 24.2 Å². The highest BCUT2D eigenvalue weighted by Gasteiger charge is 2.30. The summed E-state index contributed by atoms with van der Waals surface area (Å²) < 4.78 is 10.3. The molecule has 132 valence electrons. The first-order valence-electron chi connectivity index (χ1n) is 7.79. The second-order valence-electron chi connectivity index (χ2n) is 5.58. The van der Waals surface area contributed by atoms with Crippen molar-refractivity contribution in [3.8, 4) is 0 Å². The fourth-order valence-electron chi connectivity index (χ4n) is 2.16. The van der Waals surface area contributed by atoms with Crippen molar-refractivity contribution in [3.05, 3.63) is 48.0 Å². The summed E-state index contributed by atoms with van der Waals surface area (Å²) in [5.74, 6) is -1.07. The molecule has 1 aromatic carbocycles. The Morgan fingerprint density at radius 1 is 1.29 bits per heavy atom. The van der Waals surface area contributed by atoms with E-state index in [2.05, 4.69) is 6.58 Å². The number of carboxylic acid groups (broad SMARTS) is 1. The normalized spacial score (nSPS) is 11.6. The fraction of sp³-hybridized carbons (Fsp3) is 0.444. The summed E-state index contributed by atoms with van der Waals surface area (Å²) in [4.78, 5) is 25.2. The van der Waals surface area contributed by atoms with Gasteiger partial charge in [-0.25, -0.2) is 9.59 Å². The van der Waals surface area contributed by atoms with E-state index in [0.717, 1.165) is 11.1 Å². The molecule has 6 heteroatoms. The molecule has 1 atom stereocenters. The Hall–Kier alpha value is -2.34. The average molecular weight is 335 g/mol. The zero-order valence-electron chi connectivity index (χ0n) is 14.2. The molecule has 24 heavy (non-hydrogen) atoms. The summed E-state index contributed by atoms with van der Waals surface area (Å²) in [5, 5.41) is 9.47. The third kappa shape index (κ3) is 6.83. The molecule has 1 amide bonds. The van der Waals surface area contributed by atoms with E-state index >= 15 is 0 Å². The smallest absolute Gasteiger partial charge is 0.410 e. The number of carbonyl (C=O) groups excluding carboxylic acids is 1. The Morgan fingerprint density at radius 2 is 1.96 bits per heavy atom. The SMILES string of the molecule is C=C(C)CCC(C(=O)O)N(CCOC)C(=O)OCc1ccccc1. The lowest BCUT2D eigenvalue weighted by atomic mass is 10.1. The van der Waals surface area contributed by atoms with Gasteiger partial charge in [-0.05, 0) is 25.3 Å². The highest BCUT2D eigenvalue weighted by Crippen LogP contribution is 2.14. The van der Waals surface area contributed by atoms with E-state index in [1.165, 1.54) is 12.0 Å². The number of nitrogens with zero attached hydrogens (tertiary/aromatic N) is 1. The molecule has 0 aliphatic heterocycles. The topological polar surface area (TPSA) is 76.1 Å². The predicted molar refractivity (Wildman–Crippen MR) is 90.7 cm³/mol. The molecule has 0 radical (unpaired) electrons. The number of methoxy groups -OCH3 is 1. The lowest BCUT2D eigenvalue weighted by Gasteiger charge is -2.28. The van der Waals surface area contributed by atoms with Crippen LogP contribution in [-0.2, 0) is 20.9 Å². The Morgan fingerprint density at radius 3 is 2.50 bits per heavy atom. The number of ether oxygens (including phenoxy) is 2. The second-order valence-corrected chi connectivity index (χ2v) is 5.58. The lowest BCUT2D eigenvalue weighted by Crippen LogP contribution is -2.46. The number of carboxylic acids is 1. The monoisotopic (exact) mass is 335 g/mol. The molecular formula is C18H25NO5. The molecule has 6 nitrogen and oxygen atoms in total. The first-order chi connectivity index (χ1) is 11.5. The molecule has 0 aromatic heterocycles. The fourth-order valence-corrected chi connectivity index (χ4v) is 2.16. The van der Waals surface area contributed by atoms with Crippen LogP contribution in [0.5, 0.6) is 0 Å². The minimum atomic E-state index is -1.07. The minimum Gasteiger partial charge on any atom is -0.480 e. The summed E-state index contributed by atoms with van der Waals surface area (Å²) >= 11 is 0. The Balaban J connectivity index is 2.77. The van der Waals surface area contributed by atoms with Gasteiger partial charge in [0.05, 0.1) is 6.61 Å². The van der Waals surface area contributed by atoms with Gasteiger partial charge in [0.2, 0.25) is 0 Å². The molecule has 0 bridgehead atoms. The summed E-state index contributed by atoms with van der Waals surface area (Å²) in [6.07, 6.45) is 0.145. The van der Waals surface area contributed by atoms with E-state index in [1.54, 1.807) is 0 Å². The molecule has 0 heterocycles. The number of aliphatic carboxylic acids is 1. The van der Waals surface area contributed by atoms with Gasteiger partial charge in [0.25, 0.3) is 0 Å². The van der Waals surface area contributed by atoms with Crippen molar-refractivity contribution in [1.29, 1.82) is 0 Å². The van der Waals surface area contributed by atoms with E-state index < -0.39 is 18.1 Å². The van der Waals surface area contributed by atoms with E-state index in [9.17, 15) is 14.7 Å². The zero-order chi connectivity index (χ0) is 17.9. The largest absolute Gasteiger partial charge is 0.480 e. The molecule has 0 saturated carbocycles. The van der Waals surface area contributed by atoms with Crippen molar-refractivity contribution in [1.82, 2.24) is 4.90 Å². The standard InChI is InChI=1S/C18H25NO5/c1-14(2)9-10-16(17(20)21)19(11-12-23-3)18(22)24-13-15-7-5-4-6-8-15/h4-8,16H,1,9-13H2,2-3H3,(H,20,21). The Bertz CT molecular complexity index is 544. The molecule has 1 aromatic rings. The maximum absolute atomic E-state index is 12.4. The molecule has 1 unspecified atom stereocenters. The highest BCUT2D eigenvalue weighted by atomic mass is 16.6. The molecule has 0 aliphatic carbocycles. The Labute approximate surface area is 142 Å². The molecule has 0 spiro atoms. The first kappa shape index (κ1) is 19.7. The minimum absolute atomic E-state index is 0.0932. The van der Waals surface area contributed by atoms with Gasteiger partial charge in [0, 0.05) is 13.7 Å². The van der Waals surface area contributed by atoms with Crippen molar-refractivity contribution in [2.24, 2.45) is 0 Å². The van der Waals surface area contributed by atoms with E-state index in [4.69, 9.17) is 9.47 Å². The van der Waals surface area contributed by atoms with Crippen LogP contribution >= 0.6 is 0 Å². The van der Waals surface area contributed by atoms with Crippen LogP contribution in [0.1, 0.15) is 25.3 Å². The van der Waals surface area contributed by atoms with E-state index in [0.29, 0.717) is 6.42 Å². The Kier molecular flexibility index (Phi) is 8.57. The lowest BCUT2D eigenvalue weighted by molar-refractivity contribution is -0.143. The summed E-state index contributed by atoms with van der Waals surface area (Å²) in [7, 11) is 1.50. The van der Waals surface area contributed by atoms with Gasteiger partial charge in [-0.3, -0.25) is 4.90 Å². The quantitative estimate of drug-likeness (QED) is 0.665. The molecule has 0 fully saturated rings. The van der Waals surface area contributed by atoms with Crippen LogP contribution in [0.15, 0.2) is 42.5 Å². The molecule has 1 N–H and O–H groups in total. The van der Waals surface area contributed by atoms with Crippen molar-refractivity contribution in [2.75, 3.05) is 20.3 Å².